The van der Waals surface area contributed by atoms with Crippen molar-refractivity contribution in [3.8, 4) is 5.75 Å². The number of carbonyl (C=O) groups is 1. The minimum Gasteiger partial charge on any atom is -0.506 e. The van der Waals surface area contributed by atoms with Crippen molar-refractivity contribution >= 4 is 18.6 Å². The van der Waals surface area contributed by atoms with Crippen molar-refractivity contribution in [1.82, 2.24) is 0 Å². The summed E-state index contributed by atoms with van der Waals surface area (Å²) in [6, 6.07) is 3.37. The molecule has 70 valence electrons. The van der Waals surface area contributed by atoms with Gasteiger partial charge in [0.05, 0.1) is 0 Å². The van der Waals surface area contributed by atoms with Gasteiger partial charge in [0.2, 0.25) is 0 Å². The van der Waals surface area contributed by atoms with Crippen LogP contribution in [-0.2, 0) is 4.79 Å². The van der Waals surface area contributed by atoms with E-state index in [1.165, 1.54) is 6.07 Å². The molecule has 4 nitrogen and oxygen atoms in total. The van der Waals surface area contributed by atoms with E-state index in [1.807, 2.05) is 0 Å². The Balaban J connectivity index is 3.15. The molecule has 5 heteroatoms. The van der Waals surface area contributed by atoms with Crippen LogP contribution in [-0.4, -0.2) is 16.2 Å². The molecule has 4 N–H and O–H groups in total. The van der Waals surface area contributed by atoms with E-state index in [0.29, 0.717) is 4.90 Å². The number of benzene rings is 1. The highest BCUT2D eigenvalue weighted by molar-refractivity contribution is 7.80. The zero-order valence-corrected chi connectivity index (χ0v) is 7.53. The molecule has 1 aromatic rings. The maximum atomic E-state index is 10.5. The largest absolute Gasteiger partial charge is 0.506 e. The fraction of sp³-hybridized carbons (Fsp3) is 0.125. The second kappa shape index (κ2) is 3.68. The molecule has 1 atom stereocenters. The van der Waals surface area contributed by atoms with Crippen LogP contribution in [0.25, 0.3) is 0 Å². The molecule has 13 heavy (non-hydrogen) atoms. The molecule has 0 aliphatic rings. The average Bonchev–Trinajstić information content (AvgIpc) is 2.08. The summed E-state index contributed by atoms with van der Waals surface area (Å²) in [5.41, 5.74) is 5.48. The number of carboxylic acids is 1. The number of rotatable bonds is 2. The number of phenolic OH excluding ortho intramolecular Hbond substituents is 1. The Morgan fingerprint density at radius 1 is 1.54 bits per heavy atom. The molecule has 0 unspecified atom stereocenters. The Morgan fingerprint density at radius 3 is 2.69 bits per heavy atom. The highest BCUT2D eigenvalue weighted by Crippen LogP contribution is 2.29. The molecule has 1 aromatic carbocycles. The third-order valence-corrected chi connectivity index (χ3v) is 2.01. The SMILES string of the molecule is N[C@@H](C(=O)O)c1cccc(S)c1O. The molecule has 0 saturated heterocycles. The van der Waals surface area contributed by atoms with E-state index < -0.39 is 12.0 Å². The average molecular weight is 199 g/mol. The Kier molecular flexibility index (Phi) is 2.79. The Hall–Kier alpha value is -1.20. The number of hydrogen-bond donors (Lipinski definition) is 4. The van der Waals surface area contributed by atoms with Gasteiger partial charge in [0.15, 0.2) is 0 Å². The number of aromatic hydroxyl groups is 1. The molecule has 0 aliphatic carbocycles. The van der Waals surface area contributed by atoms with Crippen molar-refractivity contribution in [1.29, 1.82) is 0 Å². The fourth-order valence-corrected chi connectivity index (χ4v) is 1.15. The molecule has 0 heterocycles. The maximum Gasteiger partial charge on any atom is 0.325 e. The molecule has 1 rings (SSSR count). The summed E-state index contributed by atoms with van der Waals surface area (Å²) in [6.45, 7) is 0. The van der Waals surface area contributed by atoms with E-state index in [0.717, 1.165) is 0 Å². The van der Waals surface area contributed by atoms with Crippen LogP contribution in [0.2, 0.25) is 0 Å². The smallest absolute Gasteiger partial charge is 0.325 e. The normalized spacial score (nSPS) is 12.5. The number of para-hydroxylation sites is 1. The van der Waals surface area contributed by atoms with Crippen LogP contribution in [0.5, 0.6) is 5.75 Å². The minimum absolute atomic E-state index is 0.167. The van der Waals surface area contributed by atoms with Gasteiger partial charge in [-0.3, -0.25) is 4.79 Å². The zero-order chi connectivity index (χ0) is 10.0. The highest BCUT2D eigenvalue weighted by Gasteiger charge is 2.18. The second-order valence-electron chi connectivity index (χ2n) is 2.53. The Bertz CT molecular complexity index is 340. The van der Waals surface area contributed by atoms with Gasteiger partial charge in [0.25, 0.3) is 0 Å². The van der Waals surface area contributed by atoms with Gasteiger partial charge in [0, 0.05) is 10.5 Å². The lowest BCUT2D eigenvalue weighted by atomic mass is 10.1. The van der Waals surface area contributed by atoms with Crippen molar-refractivity contribution in [2.75, 3.05) is 0 Å². The van der Waals surface area contributed by atoms with Gasteiger partial charge in [-0.2, -0.15) is 0 Å². The molecule has 0 amide bonds. The maximum absolute atomic E-state index is 10.5. The number of carboxylic acid groups (broad SMARTS) is 1. The Labute approximate surface area is 80.4 Å². The summed E-state index contributed by atoms with van der Waals surface area (Å²) in [7, 11) is 0. The van der Waals surface area contributed by atoms with E-state index >= 15 is 0 Å². The monoisotopic (exact) mass is 199 g/mol. The van der Waals surface area contributed by atoms with Crippen LogP contribution in [0, 0.1) is 0 Å². The molecular weight excluding hydrogens is 190 g/mol. The molecule has 0 fully saturated rings. The second-order valence-corrected chi connectivity index (χ2v) is 3.01. The molecule has 0 radical (unpaired) electrons. The predicted octanol–water partition coefficient (Wildman–Crippen LogP) is 0.765. The summed E-state index contributed by atoms with van der Waals surface area (Å²) < 4.78 is 0. The van der Waals surface area contributed by atoms with Crippen LogP contribution in [0.1, 0.15) is 11.6 Å². The summed E-state index contributed by atoms with van der Waals surface area (Å²) in [5, 5.41) is 18.0. The van der Waals surface area contributed by atoms with Crippen LogP contribution in [0.4, 0.5) is 0 Å². The van der Waals surface area contributed by atoms with Crippen LogP contribution in [0.3, 0.4) is 0 Å². The van der Waals surface area contributed by atoms with Crippen molar-refractivity contribution in [3.63, 3.8) is 0 Å². The van der Waals surface area contributed by atoms with Gasteiger partial charge in [-0.25, -0.2) is 0 Å². The fourth-order valence-electron chi connectivity index (χ4n) is 0.933. The quantitative estimate of drug-likeness (QED) is 0.530. The summed E-state index contributed by atoms with van der Waals surface area (Å²) in [5.74, 6) is -1.37. The highest BCUT2D eigenvalue weighted by atomic mass is 32.1. The lowest BCUT2D eigenvalue weighted by Crippen LogP contribution is -2.20. The third-order valence-electron chi connectivity index (χ3n) is 1.65. The first-order valence-electron chi connectivity index (χ1n) is 3.53. The molecule has 0 aliphatic heterocycles. The van der Waals surface area contributed by atoms with E-state index in [-0.39, 0.29) is 11.3 Å². The lowest BCUT2D eigenvalue weighted by Gasteiger charge is -2.09. The summed E-state index contributed by atoms with van der Waals surface area (Å²) in [4.78, 5) is 10.8. The lowest BCUT2D eigenvalue weighted by molar-refractivity contribution is -0.138. The summed E-state index contributed by atoms with van der Waals surface area (Å²) >= 11 is 3.93. The van der Waals surface area contributed by atoms with Crippen molar-refractivity contribution < 1.29 is 15.0 Å². The summed E-state index contributed by atoms with van der Waals surface area (Å²) in [6.07, 6.45) is 0. The van der Waals surface area contributed by atoms with Crippen LogP contribution >= 0.6 is 12.6 Å². The van der Waals surface area contributed by atoms with E-state index in [9.17, 15) is 9.90 Å². The molecule has 0 spiro atoms. The molecular formula is C8H9NO3S. The molecule has 0 saturated carbocycles. The van der Waals surface area contributed by atoms with Gasteiger partial charge in [0.1, 0.15) is 11.8 Å². The first kappa shape index (κ1) is 9.88. The number of nitrogens with two attached hydrogens (primary N) is 1. The first-order valence-corrected chi connectivity index (χ1v) is 3.98. The zero-order valence-electron chi connectivity index (χ0n) is 6.64. The minimum atomic E-state index is -1.22. The van der Waals surface area contributed by atoms with E-state index in [1.54, 1.807) is 12.1 Å². The molecule has 0 bridgehead atoms. The van der Waals surface area contributed by atoms with Gasteiger partial charge in [-0.05, 0) is 6.07 Å². The first-order chi connectivity index (χ1) is 6.04. The van der Waals surface area contributed by atoms with Gasteiger partial charge in [-0.1, -0.05) is 12.1 Å². The van der Waals surface area contributed by atoms with Gasteiger partial charge in [-0.15, -0.1) is 12.6 Å². The standard InChI is InChI=1S/C8H9NO3S/c9-6(8(11)12)4-2-1-3-5(13)7(4)10/h1-3,6,10,13H,9H2,(H,11,12)/t6-/m1/s1. The Morgan fingerprint density at radius 2 is 2.15 bits per heavy atom. The van der Waals surface area contributed by atoms with Crippen molar-refractivity contribution in [2.45, 2.75) is 10.9 Å². The van der Waals surface area contributed by atoms with Gasteiger partial charge >= 0.3 is 5.97 Å². The van der Waals surface area contributed by atoms with Crippen LogP contribution < -0.4 is 5.73 Å². The topological polar surface area (TPSA) is 83.6 Å². The third kappa shape index (κ3) is 1.93. The number of phenols is 1. The predicted molar refractivity (Wildman–Crippen MR) is 49.9 cm³/mol. The van der Waals surface area contributed by atoms with Crippen molar-refractivity contribution in [3.05, 3.63) is 23.8 Å². The van der Waals surface area contributed by atoms with Crippen LogP contribution in [0.15, 0.2) is 23.1 Å². The number of hydrogen-bond acceptors (Lipinski definition) is 4. The van der Waals surface area contributed by atoms with Crippen molar-refractivity contribution in [2.24, 2.45) is 5.73 Å². The number of aliphatic carboxylic acids is 1. The van der Waals surface area contributed by atoms with E-state index in [4.69, 9.17) is 10.8 Å². The van der Waals surface area contributed by atoms with E-state index in [2.05, 4.69) is 12.6 Å². The number of thiol groups is 1. The van der Waals surface area contributed by atoms with Gasteiger partial charge < -0.3 is 15.9 Å². The molecule has 0 aromatic heterocycles.